The zero-order chi connectivity index (χ0) is 15.0. The molecule has 0 amide bonds. The van der Waals surface area contributed by atoms with Gasteiger partial charge in [0.1, 0.15) is 12.4 Å². The highest BCUT2D eigenvalue weighted by Gasteiger charge is 2.33. The second-order valence-electron chi connectivity index (χ2n) is 5.59. The molecular weight excluding hydrogens is 266 g/mol. The molecule has 1 fully saturated rings. The Hall–Kier alpha value is -1.75. The molecule has 0 unspecified atom stereocenters. The summed E-state index contributed by atoms with van der Waals surface area (Å²) in [4.78, 5) is 4.61. The van der Waals surface area contributed by atoms with Crippen LogP contribution in [-0.4, -0.2) is 45.4 Å². The van der Waals surface area contributed by atoms with Gasteiger partial charge in [0.05, 0.1) is 26.3 Å². The van der Waals surface area contributed by atoms with Gasteiger partial charge in [-0.3, -0.25) is 4.99 Å². The molecule has 116 valence electrons. The first-order valence-corrected chi connectivity index (χ1v) is 7.50. The molecule has 1 heterocycles. The molecule has 5 nitrogen and oxygen atoms in total. The maximum atomic E-state index is 5.65. The molecule has 1 aromatic carbocycles. The van der Waals surface area contributed by atoms with E-state index in [9.17, 15) is 0 Å². The lowest BCUT2D eigenvalue weighted by atomic mass is 9.89. The number of ether oxygens (including phenoxy) is 2. The predicted molar refractivity (Wildman–Crippen MR) is 84.8 cm³/mol. The van der Waals surface area contributed by atoms with Crippen molar-refractivity contribution in [1.29, 1.82) is 0 Å². The van der Waals surface area contributed by atoms with Crippen LogP contribution in [-0.2, 0) is 4.74 Å². The van der Waals surface area contributed by atoms with Crippen LogP contribution in [0.25, 0.3) is 0 Å². The van der Waals surface area contributed by atoms with Gasteiger partial charge in [-0.15, -0.1) is 0 Å². The lowest BCUT2D eigenvalue weighted by Crippen LogP contribution is -2.45. The molecule has 0 bridgehead atoms. The van der Waals surface area contributed by atoms with E-state index in [-0.39, 0.29) is 5.41 Å². The molecule has 5 heteroatoms. The molecule has 0 aliphatic carbocycles. The molecule has 1 aliphatic rings. The van der Waals surface area contributed by atoms with E-state index in [1.165, 1.54) is 0 Å². The summed E-state index contributed by atoms with van der Waals surface area (Å²) >= 11 is 0. The molecule has 0 atom stereocenters. The van der Waals surface area contributed by atoms with E-state index in [0.29, 0.717) is 13.2 Å². The summed E-state index contributed by atoms with van der Waals surface area (Å²) in [5, 5.41) is 6.53. The van der Waals surface area contributed by atoms with Crippen molar-refractivity contribution in [3.05, 3.63) is 30.3 Å². The van der Waals surface area contributed by atoms with Crippen LogP contribution in [0.4, 0.5) is 0 Å². The van der Waals surface area contributed by atoms with Crippen molar-refractivity contribution >= 4 is 5.96 Å². The van der Waals surface area contributed by atoms with Gasteiger partial charge in [0, 0.05) is 12.0 Å². The monoisotopic (exact) mass is 291 g/mol. The van der Waals surface area contributed by atoms with Crippen molar-refractivity contribution < 1.29 is 9.47 Å². The number of para-hydroxylation sites is 1. The minimum Gasteiger partial charge on any atom is -0.492 e. The van der Waals surface area contributed by atoms with Crippen molar-refractivity contribution in [2.75, 3.05) is 39.5 Å². The van der Waals surface area contributed by atoms with Gasteiger partial charge in [-0.25, -0.2) is 0 Å². The molecule has 0 radical (unpaired) electrons. The zero-order valence-electron chi connectivity index (χ0n) is 12.9. The van der Waals surface area contributed by atoms with Gasteiger partial charge in [-0.05, 0) is 19.1 Å². The maximum Gasteiger partial charge on any atom is 0.191 e. The Labute approximate surface area is 126 Å². The number of aliphatic imine (C=N–C) groups is 1. The zero-order valence-corrected chi connectivity index (χ0v) is 12.9. The first kappa shape index (κ1) is 15.6. The molecule has 0 saturated carbocycles. The third-order valence-corrected chi connectivity index (χ3v) is 3.27. The Bertz CT molecular complexity index is 444. The largest absolute Gasteiger partial charge is 0.492 e. The SMILES string of the molecule is CCNC(=NCC1(C)COC1)NCCOc1ccccc1. The molecule has 1 saturated heterocycles. The summed E-state index contributed by atoms with van der Waals surface area (Å²) in [6, 6.07) is 9.82. The Morgan fingerprint density at radius 3 is 2.67 bits per heavy atom. The Morgan fingerprint density at radius 2 is 2.05 bits per heavy atom. The summed E-state index contributed by atoms with van der Waals surface area (Å²) < 4.78 is 10.9. The third-order valence-electron chi connectivity index (χ3n) is 3.27. The Morgan fingerprint density at radius 1 is 1.29 bits per heavy atom. The average molecular weight is 291 g/mol. The molecule has 0 aromatic heterocycles. The van der Waals surface area contributed by atoms with Crippen molar-refractivity contribution in [3.8, 4) is 5.75 Å². The topological polar surface area (TPSA) is 54.9 Å². The van der Waals surface area contributed by atoms with Crippen molar-refractivity contribution in [1.82, 2.24) is 10.6 Å². The van der Waals surface area contributed by atoms with Gasteiger partial charge in [-0.1, -0.05) is 25.1 Å². The number of benzene rings is 1. The minimum absolute atomic E-state index is 0.197. The molecule has 2 N–H and O–H groups in total. The van der Waals surface area contributed by atoms with Gasteiger partial charge >= 0.3 is 0 Å². The number of guanidine groups is 1. The van der Waals surface area contributed by atoms with E-state index in [4.69, 9.17) is 9.47 Å². The van der Waals surface area contributed by atoms with Gasteiger partial charge < -0.3 is 20.1 Å². The fourth-order valence-corrected chi connectivity index (χ4v) is 2.01. The second kappa shape index (κ2) is 7.88. The van der Waals surface area contributed by atoms with Crippen LogP contribution >= 0.6 is 0 Å². The molecule has 0 spiro atoms. The van der Waals surface area contributed by atoms with E-state index in [0.717, 1.165) is 38.0 Å². The van der Waals surface area contributed by atoms with E-state index < -0.39 is 0 Å². The fraction of sp³-hybridized carbons (Fsp3) is 0.562. The normalized spacial score (nSPS) is 17.0. The highest BCUT2D eigenvalue weighted by molar-refractivity contribution is 5.79. The number of nitrogens with one attached hydrogen (secondary N) is 2. The van der Waals surface area contributed by atoms with Crippen LogP contribution in [0.5, 0.6) is 5.75 Å². The first-order valence-electron chi connectivity index (χ1n) is 7.50. The molecule has 21 heavy (non-hydrogen) atoms. The summed E-state index contributed by atoms with van der Waals surface area (Å²) in [5.41, 5.74) is 0.197. The third kappa shape index (κ3) is 5.27. The maximum absolute atomic E-state index is 5.65. The van der Waals surface area contributed by atoms with Gasteiger partial charge in [0.25, 0.3) is 0 Å². The van der Waals surface area contributed by atoms with Gasteiger partial charge in [0.15, 0.2) is 5.96 Å². The molecule has 1 aliphatic heterocycles. The smallest absolute Gasteiger partial charge is 0.191 e. The van der Waals surface area contributed by atoms with Crippen LogP contribution in [0.1, 0.15) is 13.8 Å². The van der Waals surface area contributed by atoms with Crippen LogP contribution < -0.4 is 15.4 Å². The summed E-state index contributed by atoms with van der Waals surface area (Å²) in [5.74, 6) is 1.72. The highest BCUT2D eigenvalue weighted by atomic mass is 16.5. The summed E-state index contributed by atoms with van der Waals surface area (Å²) in [7, 11) is 0. The van der Waals surface area contributed by atoms with Crippen LogP contribution in [0.3, 0.4) is 0 Å². The van der Waals surface area contributed by atoms with Crippen LogP contribution in [0.15, 0.2) is 35.3 Å². The van der Waals surface area contributed by atoms with Crippen molar-refractivity contribution in [2.24, 2.45) is 10.4 Å². The van der Waals surface area contributed by atoms with Crippen molar-refractivity contribution in [2.45, 2.75) is 13.8 Å². The molecule has 1 aromatic rings. The lowest BCUT2D eigenvalue weighted by Gasteiger charge is -2.36. The van der Waals surface area contributed by atoms with Gasteiger partial charge in [-0.2, -0.15) is 0 Å². The number of hydrogen-bond acceptors (Lipinski definition) is 3. The van der Waals surface area contributed by atoms with E-state index in [1.807, 2.05) is 30.3 Å². The Balaban J connectivity index is 1.70. The standard InChI is InChI=1S/C16H25N3O2/c1-3-17-15(19-11-16(2)12-20-13-16)18-9-10-21-14-7-5-4-6-8-14/h4-8H,3,9-13H2,1-2H3,(H2,17,18,19). The minimum atomic E-state index is 0.197. The quantitative estimate of drug-likeness (QED) is 0.456. The molecular formula is C16H25N3O2. The Kier molecular flexibility index (Phi) is 5.87. The molecule has 2 rings (SSSR count). The predicted octanol–water partition coefficient (Wildman–Crippen LogP) is 1.66. The number of rotatable bonds is 7. The summed E-state index contributed by atoms with van der Waals surface area (Å²) in [6.45, 7) is 8.80. The van der Waals surface area contributed by atoms with E-state index in [1.54, 1.807) is 0 Å². The van der Waals surface area contributed by atoms with Crippen LogP contribution in [0.2, 0.25) is 0 Å². The van der Waals surface area contributed by atoms with E-state index in [2.05, 4.69) is 29.5 Å². The van der Waals surface area contributed by atoms with Crippen LogP contribution in [0, 0.1) is 5.41 Å². The average Bonchev–Trinajstić information content (AvgIpc) is 2.48. The number of nitrogens with zero attached hydrogens (tertiary/aromatic N) is 1. The van der Waals surface area contributed by atoms with Crippen molar-refractivity contribution in [3.63, 3.8) is 0 Å². The summed E-state index contributed by atoms with van der Waals surface area (Å²) in [6.07, 6.45) is 0. The van der Waals surface area contributed by atoms with Gasteiger partial charge in [0.2, 0.25) is 0 Å². The fourth-order valence-electron chi connectivity index (χ4n) is 2.01. The number of hydrogen-bond donors (Lipinski definition) is 2. The first-order chi connectivity index (χ1) is 10.2. The second-order valence-corrected chi connectivity index (χ2v) is 5.59. The lowest BCUT2D eigenvalue weighted by molar-refractivity contribution is -0.0945. The van der Waals surface area contributed by atoms with E-state index >= 15 is 0 Å². The highest BCUT2D eigenvalue weighted by Crippen LogP contribution is 2.26.